The molecule has 0 spiro atoms. The Balaban J connectivity index is 1.55. The van der Waals surface area contributed by atoms with Crippen LogP contribution in [0.4, 0.5) is 5.00 Å². The first kappa shape index (κ1) is 16.9. The Labute approximate surface area is 145 Å². The number of aryl methyl sites for hydroxylation is 1. The molecule has 1 aromatic heterocycles. The molecule has 24 heavy (non-hydrogen) atoms. The van der Waals surface area contributed by atoms with Crippen LogP contribution in [0.15, 0.2) is 0 Å². The predicted molar refractivity (Wildman–Crippen MR) is 92.7 cm³/mol. The van der Waals surface area contributed by atoms with E-state index in [1.54, 1.807) is 11.3 Å². The van der Waals surface area contributed by atoms with Crippen LogP contribution in [0, 0.1) is 17.2 Å². The van der Waals surface area contributed by atoms with Crippen molar-refractivity contribution in [2.45, 2.75) is 38.5 Å². The summed E-state index contributed by atoms with van der Waals surface area (Å²) in [6, 6.07) is 2.26. The Morgan fingerprint density at radius 3 is 2.88 bits per heavy atom. The van der Waals surface area contributed by atoms with Crippen molar-refractivity contribution in [1.29, 1.82) is 5.26 Å². The lowest BCUT2D eigenvalue weighted by Crippen LogP contribution is -2.29. The first-order chi connectivity index (χ1) is 11.6. The zero-order chi connectivity index (χ0) is 17.1. The summed E-state index contributed by atoms with van der Waals surface area (Å²) in [4.78, 5) is 26.8. The first-order valence-electron chi connectivity index (χ1n) is 8.44. The summed E-state index contributed by atoms with van der Waals surface area (Å²) in [7, 11) is 0. The van der Waals surface area contributed by atoms with E-state index in [1.165, 1.54) is 4.88 Å². The molecule has 3 rings (SSSR count). The molecule has 128 valence electrons. The first-order valence-corrected chi connectivity index (χ1v) is 9.26. The molecule has 1 aliphatic carbocycles. The van der Waals surface area contributed by atoms with Gasteiger partial charge in [0.1, 0.15) is 11.1 Å². The minimum absolute atomic E-state index is 0.0763. The van der Waals surface area contributed by atoms with Crippen molar-refractivity contribution in [3.8, 4) is 6.07 Å². The number of nitriles is 1. The van der Waals surface area contributed by atoms with Crippen molar-refractivity contribution in [3.63, 3.8) is 0 Å². The SMILES string of the molecule is N#Cc1c(NC(=O)CCN2CCC(C(N)=O)C2)sc2c1CCCC2. The highest BCUT2D eigenvalue weighted by Crippen LogP contribution is 2.37. The van der Waals surface area contributed by atoms with Crippen LogP contribution in [0.25, 0.3) is 0 Å². The van der Waals surface area contributed by atoms with Gasteiger partial charge in [0.2, 0.25) is 11.8 Å². The number of rotatable bonds is 5. The van der Waals surface area contributed by atoms with Gasteiger partial charge in [-0.1, -0.05) is 0 Å². The molecule has 1 aliphatic heterocycles. The number of nitrogens with one attached hydrogen (secondary N) is 1. The van der Waals surface area contributed by atoms with E-state index < -0.39 is 0 Å². The van der Waals surface area contributed by atoms with Gasteiger partial charge in [0.15, 0.2) is 0 Å². The zero-order valence-corrected chi connectivity index (χ0v) is 14.5. The largest absolute Gasteiger partial charge is 0.369 e. The van der Waals surface area contributed by atoms with Gasteiger partial charge in [-0.15, -0.1) is 11.3 Å². The number of likely N-dealkylation sites (tertiary alicyclic amines) is 1. The molecule has 0 saturated carbocycles. The molecule has 0 radical (unpaired) electrons. The van der Waals surface area contributed by atoms with Crippen LogP contribution in [0.5, 0.6) is 0 Å². The number of nitrogens with two attached hydrogens (primary N) is 1. The molecule has 1 fully saturated rings. The molecule has 0 aromatic carbocycles. The molecular weight excluding hydrogens is 324 g/mol. The second-order valence-electron chi connectivity index (χ2n) is 6.51. The molecule has 0 bridgehead atoms. The summed E-state index contributed by atoms with van der Waals surface area (Å²) in [6.07, 6.45) is 5.34. The number of carbonyl (C=O) groups excluding carboxylic acids is 2. The van der Waals surface area contributed by atoms with Crippen molar-refractivity contribution in [1.82, 2.24) is 4.90 Å². The molecule has 1 aromatic rings. The van der Waals surface area contributed by atoms with Crippen LogP contribution in [-0.4, -0.2) is 36.3 Å². The summed E-state index contributed by atoms with van der Waals surface area (Å²) in [5.41, 5.74) is 7.11. The van der Waals surface area contributed by atoms with Crippen molar-refractivity contribution in [2.75, 3.05) is 25.0 Å². The van der Waals surface area contributed by atoms with Crippen molar-refractivity contribution < 1.29 is 9.59 Å². The lowest BCUT2D eigenvalue weighted by atomic mass is 9.96. The van der Waals surface area contributed by atoms with Crippen LogP contribution in [0.3, 0.4) is 0 Å². The Bertz CT molecular complexity index is 691. The number of fused-ring (bicyclic) bond motifs is 1. The van der Waals surface area contributed by atoms with Gasteiger partial charge in [0.05, 0.1) is 11.5 Å². The van der Waals surface area contributed by atoms with E-state index in [0.29, 0.717) is 30.1 Å². The molecule has 1 unspecified atom stereocenters. The fourth-order valence-corrected chi connectivity index (χ4v) is 4.74. The number of carbonyl (C=O) groups is 2. The maximum absolute atomic E-state index is 12.2. The van der Waals surface area contributed by atoms with Crippen molar-refractivity contribution in [2.24, 2.45) is 11.7 Å². The van der Waals surface area contributed by atoms with Crippen molar-refractivity contribution in [3.05, 3.63) is 16.0 Å². The fourth-order valence-electron chi connectivity index (χ4n) is 3.49. The topological polar surface area (TPSA) is 99.2 Å². The van der Waals surface area contributed by atoms with Crippen LogP contribution < -0.4 is 11.1 Å². The zero-order valence-electron chi connectivity index (χ0n) is 13.6. The van der Waals surface area contributed by atoms with Gasteiger partial charge in [-0.25, -0.2) is 0 Å². The average Bonchev–Trinajstić information content (AvgIpc) is 3.17. The van der Waals surface area contributed by atoms with E-state index in [-0.39, 0.29) is 17.7 Å². The van der Waals surface area contributed by atoms with Crippen LogP contribution >= 0.6 is 11.3 Å². The van der Waals surface area contributed by atoms with Crippen LogP contribution in [0.1, 0.15) is 41.7 Å². The van der Waals surface area contributed by atoms with E-state index in [1.807, 2.05) is 0 Å². The quantitative estimate of drug-likeness (QED) is 0.846. The summed E-state index contributed by atoms with van der Waals surface area (Å²) in [6.45, 7) is 2.06. The number of hydrogen-bond acceptors (Lipinski definition) is 5. The standard InChI is InChI=1S/C17H22N4O2S/c18-9-13-12-3-1-2-4-14(12)24-17(13)20-15(22)6-8-21-7-5-11(10-21)16(19)23/h11H,1-8,10H2,(H2,19,23)(H,20,22). The van der Waals surface area contributed by atoms with Gasteiger partial charge in [-0.05, 0) is 44.2 Å². The molecule has 1 saturated heterocycles. The number of hydrogen-bond donors (Lipinski definition) is 2. The number of primary amides is 1. The van der Waals surface area contributed by atoms with Gasteiger partial charge in [-0.2, -0.15) is 5.26 Å². The molecule has 2 aliphatic rings. The Kier molecular flexibility index (Phi) is 5.17. The smallest absolute Gasteiger partial charge is 0.226 e. The van der Waals surface area contributed by atoms with E-state index in [2.05, 4.69) is 16.3 Å². The lowest BCUT2D eigenvalue weighted by Gasteiger charge is -2.14. The van der Waals surface area contributed by atoms with Gasteiger partial charge in [0.25, 0.3) is 0 Å². The Morgan fingerprint density at radius 2 is 2.17 bits per heavy atom. The highest BCUT2D eigenvalue weighted by Gasteiger charge is 2.27. The molecule has 7 heteroatoms. The number of nitrogens with zero attached hydrogens (tertiary/aromatic N) is 2. The monoisotopic (exact) mass is 346 g/mol. The van der Waals surface area contributed by atoms with Gasteiger partial charge < -0.3 is 16.0 Å². The van der Waals surface area contributed by atoms with Crippen LogP contribution in [-0.2, 0) is 22.4 Å². The molecular formula is C17H22N4O2S. The molecule has 1 atom stereocenters. The van der Waals surface area contributed by atoms with E-state index in [4.69, 9.17) is 5.73 Å². The second-order valence-corrected chi connectivity index (χ2v) is 7.62. The number of anilines is 1. The number of thiophene rings is 1. The molecule has 3 N–H and O–H groups in total. The summed E-state index contributed by atoms with van der Waals surface area (Å²) in [5.74, 6) is -0.431. The van der Waals surface area contributed by atoms with Gasteiger partial charge in [0, 0.05) is 24.4 Å². The summed E-state index contributed by atoms with van der Waals surface area (Å²) >= 11 is 1.55. The lowest BCUT2D eigenvalue weighted by molar-refractivity contribution is -0.121. The average molecular weight is 346 g/mol. The van der Waals surface area contributed by atoms with Crippen LogP contribution in [0.2, 0.25) is 0 Å². The summed E-state index contributed by atoms with van der Waals surface area (Å²) < 4.78 is 0. The fraction of sp³-hybridized carbons (Fsp3) is 0.588. The minimum Gasteiger partial charge on any atom is -0.369 e. The van der Waals surface area contributed by atoms with E-state index >= 15 is 0 Å². The van der Waals surface area contributed by atoms with Gasteiger partial charge in [-0.3, -0.25) is 9.59 Å². The molecule has 6 nitrogen and oxygen atoms in total. The number of amides is 2. The summed E-state index contributed by atoms with van der Waals surface area (Å²) in [5, 5.41) is 13.0. The minimum atomic E-state index is -0.259. The molecule has 2 amide bonds. The third-order valence-corrected chi connectivity index (χ3v) is 6.07. The normalized spacial score (nSPS) is 20.4. The highest BCUT2D eigenvalue weighted by molar-refractivity contribution is 7.16. The van der Waals surface area contributed by atoms with Gasteiger partial charge >= 0.3 is 0 Å². The maximum atomic E-state index is 12.2. The van der Waals surface area contributed by atoms with E-state index in [0.717, 1.165) is 44.2 Å². The Hall–Kier alpha value is -1.91. The maximum Gasteiger partial charge on any atom is 0.226 e. The van der Waals surface area contributed by atoms with Crippen molar-refractivity contribution >= 4 is 28.2 Å². The third-order valence-electron chi connectivity index (χ3n) is 4.87. The highest BCUT2D eigenvalue weighted by atomic mass is 32.1. The molecule has 2 heterocycles. The predicted octanol–water partition coefficient (Wildman–Crippen LogP) is 1.63. The Morgan fingerprint density at radius 1 is 1.38 bits per heavy atom. The second kappa shape index (κ2) is 7.32. The van der Waals surface area contributed by atoms with E-state index in [9.17, 15) is 14.9 Å². The third kappa shape index (κ3) is 3.60.